The van der Waals surface area contributed by atoms with E-state index < -0.39 is 0 Å². The lowest BCUT2D eigenvalue weighted by molar-refractivity contribution is -0.117. The first-order valence-electron chi connectivity index (χ1n) is 9.79. The van der Waals surface area contributed by atoms with Crippen molar-refractivity contribution >= 4 is 23.3 Å². The lowest BCUT2D eigenvalue weighted by Crippen LogP contribution is -2.16. The van der Waals surface area contributed by atoms with Crippen molar-refractivity contribution in [3.05, 3.63) is 78.2 Å². The van der Waals surface area contributed by atoms with Gasteiger partial charge in [-0.05, 0) is 66.4 Å². The second kappa shape index (κ2) is 8.73. The standard InChI is InChI=1S/C23H22N4O3/c1-15-13-19(15)23(29)26-18-6-4-17(5-7-18)22(28)27-21-20(3-2-10-25-21)30-14-16-8-11-24-12-9-16/h2-12,15,19H,13-14H2,1H3,(H,26,29)(H,25,27,28). The number of nitrogens with one attached hydrogen (secondary N) is 2. The number of aromatic nitrogens is 2. The molecule has 1 fully saturated rings. The van der Waals surface area contributed by atoms with E-state index in [0.29, 0.717) is 35.3 Å². The molecular formula is C23H22N4O3. The third-order valence-corrected chi connectivity index (χ3v) is 5.01. The van der Waals surface area contributed by atoms with E-state index in [2.05, 4.69) is 27.5 Å². The Hall–Kier alpha value is -3.74. The predicted molar refractivity (Wildman–Crippen MR) is 113 cm³/mol. The summed E-state index contributed by atoms with van der Waals surface area (Å²) in [5, 5.41) is 5.67. The van der Waals surface area contributed by atoms with Crippen LogP contribution in [0.2, 0.25) is 0 Å². The largest absolute Gasteiger partial charge is 0.485 e. The summed E-state index contributed by atoms with van der Waals surface area (Å²) in [4.78, 5) is 32.9. The van der Waals surface area contributed by atoms with Crippen LogP contribution in [0.5, 0.6) is 5.75 Å². The zero-order chi connectivity index (χ0) is 20.9. The molecule has 0 spiro atoms. The molecule has 2 unspecified atom stereocenters. The third-order valence-electron chi connectivity index (χ3n) is 5.01. The highest BCUT2D eigenvalue weighted by molar-refractivity contribution is 6.05. The minimum absolute atomic E-state index is 0.0316. The van der Waals surface area contributed by atoms with Crippen LogP contribution in [0.1, 0.15) is 29.3 Å². The molecule has 4 rings (SSSR count). The average Bonchev–Trinajstić information content (AvgIpc) is 3.51. The number of rotatable bonds is 7. The molecule has 1 aromatic carbocycles. The summed E-state index contributed by atoms with van der Waals surface area (Å²) in [7, 11) is 0. The van der Waals surface area contributed by atoms with Gasteiger partial charge in [-0.2, -0.15) is 0 Å². The molecule has 2 atom stereocenters. The van der Waals surface area contributed by atoms with Gasteiger partial charge in [-0.1, -0.05) is 6.92 Å². The topological polar surface area (TPSA) is 93.2 Å². The molecule has 2 heterocycles. The molecule has 1 saturated carbocycles. The van der Waals surface area contributed by atoms with Crippen molar-refractivity contribution in [2.75, 3.05) is 10.6 Å². The van der Waals surface area contributed by atoms with Gasteiger partial charge in [0.05, 0.1) is 0 Å². The summed E-state index contributed by atoms with van der Waals surface area (Å²) in [6.45, 7) is 2.40. The number of carbonyl (C=O) groups excluding carboxylic acids is 2. The number of anilines is 2. The van der Waals surface area contributed by atoms with Crippen molar-refractivity contribution < 1.29 is 14.3 Å². The van der Waals surface area contributed by atoms with Crippen molar-refractivity contribution in [1.82, 2.24) is 9.97 Å². The van der Waals surface area contributed by atoms with Crippen LogP contribution < -0.4 is 15.4 Å². The summed E-state index contributed by atoms with van der Waals surface area (Å²) >= 11 is 0. The number of ether oxygens (including phenoxy) is 1. The SMILES string of the molecule is CC1CC1C(=O)Nc1ccc(C(=O)Nc2ncccc2OCc2ccncc2)cc1. The van der Waals surface area contributed by atoms with Gasteiger partial charge in [0.2, 0.25) is 5.91 Å². The van der Waals surface area contributed by atoms with Crippen LogP contribution in [-0.2, 0) is 11.4 Å². The molecule has 30 heavy (non-hydrogen) atoms. The number of amides is 2. The highest BCUT2D eigenvalue weighted by Gasteiger charge is 2.39. The van der Waals surface area contributed by atoms with E-state index in [1.807, 2.05) is 12.1 Å². The van der Waals surface area contributed by atoms with Crippen molar-refractivity contribution in [3.8, 4) is 5.75 Å². The number of carbonyl (C=O) groups is 2. The van der Waals surface area contributed by atoms with Crippen LogP contribution >= 0.6 is 0 Å². The molecule has 7 heteroatoms. The quantitative estimate of drug-likeness (QED) is 0.625. The van der Waals surface area contributed by atoms with E-state index in [0.717, 1.165) is 12.0 Å². The maximum atomic E-state index is 12.6. The van der Waals surface area contributed by atoms with Crippen LogP contribution in [0, 0.1) is 11.8 Å². The monoisotopic (exact) mass is 402 g/mol. The Morgan fingerprint density at radius 3 is 2.47 bits per heavy atom. The second-order valence-corrected chi connectivity index (χ2v) is 7.33. The highest BCUT2D eigenvalue weighted by atomic mass is 16.5. The molecule has 2 aromatic heterocycles. The van der Waals surface area contributed by atoms with Crippen LogP contribution in [0.25, 0.3) is 0 Å². The number of hydrogen-bond acceptors (Lipinski definition) is 5. The molecule has 2 amide bonds. The van der Waals surface area contributed by atoms with Crippen LogP contribution in [0.3, 0.4) is 0 Å². The van der Waals surface area contributed by atoms with Gasteiger partial charge in [-0.25, -0.2) is 4.98 Å². The third kappa shape index (κ3) is 4.81. The Morgan fingerprint density at radius 1 is 1.03 bits per heavy atom. The van der Waals surface area contributed by atoms with Crippen LogP contribution in [0.4, 0.5) is 11.5 Å². The number of benzene rings is 1. The maximum Gasteiger partial charge on any atom is 0.256 e. The van der Waals surface area contributed by atoms with E-state index >= 15 is 0 Å². The van der Waals surface area contributed by atoms with Gasteiger partial charge in [0.15, 0.2) is 11.6 Å². The van der Waals surface area contributed by atoms with Crippen LogP contribution in [-0.4, -0.2) is 21.8 Å². The molecule has 7 nitrogen and oxygen atoms in total. The van der Waals surface area contributed by atoms with Crippen molar-refractivity contribution in [2.24, 2.45) is 11.8 Å². The number of hydrogen-bond donors (Lipinski definition) is 2. The van der Waals surface area contributed by atoms with Gasteiger partial charge in [0.25, 0.3) is 5.91 Å². The lowest BCUT2D eigenvalue weighted by Gasteiger charge is -2.12. The zero-order valence-corrected chi connectivity index (χ0v) is 16.5. The first-order chi connectivity index (χ1) is 14.6. The number of nitrogens with zero attached hydrogens (tertiary/aromatic N) is 2. The normalized spacial score (nSPS) is 17.1. The van der Waals surface area contributed by atoms with E-state index in [1.54, 1.807) is 55.0 Å². The fourth-order valence-corrected chi connectivity index (χ4v) is 3.05. The summed E-state index contributed by atoms with van der Waals surface area (Å²) in [6, 6.07) is 14.0. The highest BCUT2D eigenvalue weighted by Crippen LogP contribution is 2.38. The first-order valence-corrected chi connectivity index (χ1v) is 9.79. The van der Waals surface area contributed by atoms with Crippen molar-refractivity contribution in [3.63, 3.8) is 0 Å². The Morgan fingerprint density at radius 2 is 1.77 bits per heavy atom. The predicted octanol–water partition coefficient (Wildman–Crippen LogP) is 3.90. The van der Waals surface area contributed by atoms with E-state index in [1.165, 1.54) is 0 Å². The fourth-order valence-electron chi connectivity index (χ4n) is 3.05. The van der Waals surface area contributed by atoms with Crippen molar-refractivity contribution in [2.45, 2.75) is 20.0 Å². The van der Waals surface area contributed by atoms with Gasteiger partial charge < -0.3 is 15.4 Å². The second-order valence-electron chi connectivity index (χ2n) is 7.33. The fraction of sp³-hybridized carbons (Fsp3) is 0.217. The van der Waals surface area contributed by atoms with E-state index in [4.69, 9.17) is 4.74 Å². The molecular weight excluding hydrogens is 380 g/mol. The summed E-state index contributed by atoms with van der Waals surface area (Å²) < 4.78 is 5.81. The molecule has 0 saturated heterocycles. The Balaban J connectivity index is 1.38. The van der Waals surface area contributed by atoms with Gasteiger partial charge in [0.1, 0.15) is 6.61 Å². The summed E-state index contributed by atoms with van der Waals surface area (Å²) in [5.41, 5.74) is 2.10. The minimum Gasteiger partial charge on any atom is -0.485 e. The minimum atomic E-state index is -0.309. The van der Waals surface area contributed by atoms with Gasteiger partial charge in [-0.3, -0.25) is 14.6 Å². The average molecular weight is 402 g/mol. The maximum absolute atomic E-state index is 12.6. The zero-order valence-electron chi connectivity index (χ0n) is 16.5. The molecule has 3 aromatic rings. The summed E-state index contributed by atoms with van der Waals surface area (Å²) in [5.74, 6) is 1.09. The lowest BCUT2D eigenvalue weighted by atomic mass is 10.2. The Bertz CT molecular complexity index is 1040. The molecule has 1 aliphatic rings. The molecule has 2 N–H and O–H groups in total. The van der Waals surface area contributed by atoms with E-state index in [9.17, 15) is 9.59 Å². The first kappa shape index (κ1) is 19.6. The van der Waals surface area contributed by atoms with Gasteiger partial charge >= 0.3 is 0 Å². The smallest absolute Gasteiger partial charge is 0.256 e. The molecule has 0 aliphatic heterocycles. The molecule has 1 aliphatic carbocycles. The Kier molecular flexibility index (Phi) is 5.70. The summed E-state index contributed by atoms with van der Waals surface area (Å²) in [6.07, 6.45) is 5.91. The number of pyridine rings is 2. The van der Waals surface area contributed by atoms with Crippen LogP contribution in [0.15, 0.2) is 67.1 Å². The van der Waals surface area contributed by atoms with Gasteiger partial charge in [-0.15, -0.1) is 0 Å². The van der Waals surface area contributed by atoms with E-state index in [-0.39, 0.29) is 17.7 Å². The molecule has 0 bridgehead atoms. The molecule has 152 valence electrons. The molecule has 0 radical (unpaired) electrons. The van der Waals surface area contributed by atoms with Gasteiger partial charge in [0, 0.05) is 35.8 Å². The Labute approximate surface area is 174 Å². The van der Waals surface area contributed by atoms with Crippen molar-refractivity contribution in [1.29, 1.82) is 0 Å².